The maximum atomic E-state index is 13.3. The molecule has 1 aliphatic carbocycles. The molecule has 0 spiro atoms. The predicted octanol–water partition coefficient (Wildman–Crippen LogP) is 1.78. The number of hydrogen-bond acceptors (Lipinski definition) is 2. The van der Waals surface area contributed by atoms with Crippen LogP contribution < -0.4 is 5.73 Å². The van der Waals surface area contributed by atoms with Gasteiger partial charge in [0.25, 0.3) is 0 Å². The first-order chi connectivity index (χ1) is 8.37. The van der Waals surface area contributed by atoms with E-state index in [1.807, 2.05) is 0 Å². The van der Waals surface area contributed by atoms with Gasteiger partial charge in [-0.05, 0) is 12.1 Å². The van der Waals surface area contributed by atoms with E-state index >= 15 is 0 Å². The van der Waals surface area contributed by atoms with Gasteiger partial charge in [-0.15, -0.1) is 0 Å². The topological polar surface area (TPSA) is 63.3 Å². The van der Waals surface area contributed by atoms with E-state index in [1.54, 1.807) is 6.07 Å². The van der Waals surface area contributed by atoms with Gasteiger partial charge in [-0.2, -0.15) is 13.2 Å². The maximum Gasteiger partial charge on any atom is 0.399 e. The second kappa shape index (κ2) is 3.98. The minimum atomic E-state index is -4.62. The van der Waals surface area contributed by atoms with Crippen LogP contribution in [0.15, 0.2) is 30.3 Å². The first-order valence-corrected chi connectivity index (χ1v) is 5.42. The van der Waals surface area contributed by atoms with Crippen molar-refractivity contribution in [2.45, 2.75) is 11.6 Å². The highest BCUT2D eigenvalue weighted by Gasteiger charge is 2.80. The molecule has 0 saturated heterocycles. The monoisotopic (exact) mass is 259 g/mol. The van der Waals surface area contributed by atoms with Crippen LogP contribution in [0.1, 0.15) is 5.56 Å². The summed E-state index contributed by atoms with van der Waals surface area (Å²) in [6.45, 7) is -0.300. The van der Waals surface area contributed by atoms with Crippen molar-refractivity contribution in [1.29, 1.82) is 0 Å². The van der Waals surface area contributed by atoms with Crippen LogP contribution in [0.3, 0.4) is 0 Å². The van der Waals surface area contributed by atoms with Gasteiger partial charge in [-0.25, -0.2) is 0 Å². The van der Waals surface area contributed by atoms with Gasteiger partial charge in [0, 0.05) is 5.92 Å². The Morgan fingerprint density at radius 1 is 1.33 bits per heavy atom. The van der Waals surface area contributed by atoms with Crippen molar-refractivity contribution in [2.24, 2.45) is 17.6 Å². The van der Waals surface area contributed by atoms with E-state index in [-0.39, 0.29) is 12.1 Å². The standard InChI is InChI=1S/C12H12F3NO2/c13-12(14,15)11(7-4-2-1-3-5-7)8(6-16)9(11)10(17)18/h1-5,8-9H,6,16H2,(H,17,18)/t8-,9-,11+/m0/s1. The van der Waals surface area contributed by atoms with Crippen LogP contribution in [0.4, 0.5) is 13.2 Å². The molecule has 1 fully saturated rings. The van der Waals surface area contributed by atoms with E-state index in [1.165, 1.54) is 24.3 Å². The summed E-state index contributed by atoms with van der Waals surface area (Å²) in [5.74, 6) is -4.05. The summed E-state index contributed by atoms with van der Waals surface area (Å²) in [5.41, 5.74) is 2.94. The number of benzene rings is 1. The summed E-state index contributed by atoms with van der Waals surface area (Å²) in [6, 6.07) is 7.13. The third-order valence-electron chi connectivity index (χ3n) is 3.61. The summed E-state index contributed by atoms with van der Waals surface area (Å²) in [6.07, 6.45) is -4.62. The van der Waals surface area contributed by atoms with Gasteiger partial charge >= 0.3 is 12.1 Å². The van der Waals surface area contributed by atoms with Crippen LogP contribution in [0.5, 0.6) is 0 Å². The fraction of sp³-hybridized carbons (Fsp3) is 0.417. The quantitative estimate of drug-likeness (QED) is 0.869. The average molecular weight is 259 g/mol. The van der Waals surface area contributed by atoms with Crippen molar-refractivity contribution in [1.82, 2.24) is 0 Å². The van der Waals surface area contributed by atoms with E-state index in [0.717, 1.165) is 0 Å². The number of aliphatic carboxylic acids is 1. The highest BCUT2D eigenvalue weighted by atomic mass is 19.4. The number of rotatable bonds is 3. The van der Waals surface area contributed by atoms with Crippen molar-refractivity contribution in [3.63, 3.8) is 0 Å². The molecule has 2 rings (SSSR count). The zero-order valence-corrected chi connectivity index (χ0v) is 9.32. The molecular weight excluding hydrogens is 247 g/mol. The highest BCUT2D eigenvalue weighted by molar-refractivity contribution is 5.79. The van der Waals surface area contributed by atoms with E-state index in [0.29, 0.717) is 0 Å². The molecule has 98 valence electrons. The predicted molar refractivity (Wildman–Crippen MR) is 57.8 cm³/mol. The molecule has 0 aliphatic heterocycles. The lowest BCUT2D eigenvalue weighted by Gasteiger charge is -2.22. The minimum Gasteiger partial charge on any atom is -0.481 e. The van der Waals surface area contributed by atoms with Crippen LogP contribution in [0, 0.1) is 11.8 Å². The Kier molecular flexibility index (Phi) is 2.85. The first kappa shape index (κ1) is 12.9. The molecule has 3 atom stereocenters. The van der Waals surface area contributed by atoms with E-state index in [2.05, 4.69) is 0 Å². The average Bonchev–Trinajstić information content (AvgIpc) is 3.00. The largest absolute Gasteiger partial charge is 0.481 e. The maximum absolute atomic E-state index is 13.3. The molecule has 0 bridgehead atoms. The van der Waals surface area contributed by atoms with Gasteiger partial charge in [-0.3, -0.25) is 4.79 Å². The van der Waals surface area contributed by atoms with Gasteiger partial charge < -0.3 is 10.8 Å². The molecule has 3 nitrogen and oxygen atoms in total. The summed E-state index contributed by atoms with van der Waals surface area (Å²) in [4.78, 5) is 11.0. The molecule has 1 aromatic rings. The Morgan fingerprint density at radius 3 is 2.22 bits per heavy atom. The van der Waals surface area contributed by atoms with Gasteiger partial charge in [-0.1, -0.05) is 30.3 Å². The van der Waals surface area contributed by atoms with Crippen molar-refractivity contribution in [2.75, 3.05) is 6.54 Å². The van der Waals surface area contributed by atoms with Crippen molar-refractivity contribution in [3.05, 3.63) is 35.9 Å². The zero-order chi connectivity index (χ0) is 13.6. The molecule has 0 unspecified atom stereocenters. The number of alkyl halides is 3. The summed E-state index contributed by atoms with van der Waals surface area (Å²) >= 11 is 0. The zero-order valence-electron chi connectivity index (χ0n) is 9.32. The Hall–Kier alpha value is -1.56. The number of hydrogen-bond donors (Lipinski definition) is 2. The molecule has 1 aliphatic rings. The van der Waals surface area contributed by atoms with Gasteiger partial charge in [0.05, 0.1) is 5.92 Å². The van der Waals surface area contributed by atoms with Crippen molar-refractivity contribution >= 4 is 5.97 Å². The number of nitrogens with two attached hydrogens (primary N) is 1. The Bertz CT molecular complexity index is 460. The summed E-state index contributed by atoms with van der Waals surface area (Å²) in [7, 11) is 0. The molecule has 1 saturated carbocycles. The molecule has 0 radical (unpaired) electrons. The minimum absolute atomic E-state index is 0.0275. The smallest absolute Gasteiger partial charge is 0.399 e. The van der Waals surface area contributed by atoms with E-state index in [4.69, 9.17) is 10.8 Å². The number of carboxylic acids is 1. The van der Waals surface area contributed by atoms with Crippen LogP contribution in [-0.4, -0.2) is 23.8 Å². The lowest BCUT2D eigenvalue weighted by molar-refractivity contribution is -0.173. The van der Waals surface area contributed by atoms with Gasteiger partial charge in [0.2, 0.25) is 0 Å². The SMILES string of the molecule is NC[C@H]1[C@@H](C(=O)O)[C@]1(c1ccccc1)C(F)(F)F. The number of halogens is 3. The van der Waals surface area contributed by atoms with Gasteiger partial charge in [0.15, 0.2) is 0 Å². The Morgan fingerprint density at radius 2 is 1.89 bits per heavy atom. The normalized spacial score (nSPS) is 31.1. The molecule has 3 N–H and O–H groups in total. The second-order valence-corrected chi connectivity index (χ2v) is 4.39. The van der Waals surface area contributed by atoms with Crippen molar-refractivity contribution < 1.29 is 23.1 Å². The molecule has 0 amide bonds. The van der Waals surface area contributed by atoms with Crippen LogP contribution in [0.25, 0.3) is 0 Å². The van der Waals surface area contributed by atoms with Crippen LogP contribution in [-0.2, 0) is 10.2 Å². The molecule has 0 aromatic heterocycles. The lowest BCUT2D eigenvalue weighted by Crippen LogP contribution is -2.34. The van der Waals surface area contributed by atoms with Crippen LogP contribution >= 0.6 is 0 Å². The summed E-state index contributed by atoms with van der Waals surface area (Å²) < 4.78 is 39.9. The molecule has 18 heavy (non-hydrogen) atoms. The third-order valence-corrected chi connectivity index (χ3v) is 3.61. The van der Waals surface area contributed by atoms with Gasteiger partial charge in [0.1, 0.15) is 5.41 Å². The van der Waals surface area contributed by atoms with E-state index < -0.39 is 29.4 Å². The molecule has 1 aromatic carbocycles. The molecule has 0 heterocycles. The Balaban J connectivity index is 2.55. The summed E-state index contributed by atoms with van der Waals surface area (Å²) in [5, 5.41) is 8.96. The van der Waals surface area contributed by atoms with E-state index in [9.17, 15) is 18.0 Å². The Labute approximate surface area is 101 Å². The highest BCUT2D eigenvalue weighted by Crippen LogP contribution is 2.67. The fourth-order valence-electron chi connectivity index (χ4n) is 2.81. The van der Waals surface area contributed by atoms with Crippen molar-refractivity contribution in [3.8, 4) is 0 Å². The molecular formula is C12H12F3NO2. The third kappa shape index (κ3) is 1.52. The number of carbonyl (C=O) groups is 1. The number of carboxylic acid groups (broad SMARTS) is 1. The first-order valence-electron chi connectivity index (χ1n) is 5.42. The molecule has 6 heteroatoms. The van der Waals surface area contributed by atoms with Crippen LogP contribution in [0.2, 0.25) is 0 Å². The fourth-order valence-corrected chi connectivity index (χ4v) is 2.81. The lowest BCUT2D eigenvalue weighted by atomic mass is 9.90. The second-order valence-electron chi connectivity index (χ2n) is 4.39.